The molecule has 1 atom stereocenters. The van der Waals surface area contributed by atoms with E-state index in [1.807, 2.05) is 0 Å². The average Bonchev–Trinajstić information content (AvgIpc) is 2.41. The lowest BCUT2D eigenvalue weighted by Gasteiger charge is -2.13. The van der Waals surface area contributed by atoms with Crippen LogP contribution < -0.4 is 4.74 Å². The molecule has 0 aliphatic carbocycles. The van der Waals surface area contributed by atoms with Crippen LogP contribution in [0, 0.1) is 5.82 Å². The maximum atomic E-state index is 13.7. The highest BCUT2D eigenvalue weighted by molar-refractivity contribution is 5.57. The van der Waals surface area contributed by atoms with Gasteiger partial charge in [-0.05, 0) is 13.0 Å². The summed E-state index contributed by atoms with van der Waals surface area (Å²) in [5.41, 5.74) is 0.824. The van der Waals surface area contributed by atoms with Crippen molar-refractivity contribution in [2.24, 2.45) is 0 Å². The van der Waals surface area contributed by atoms with Crippen LogP contribution in [0.4, 0.5) is 13.2 Å². The lowest BCUT2D eigenvalue weighted by Crippen LogP contribution is -2.22. The van der Waals surface area contributed by atoms with Crippen LogP contribution in [0.5, 0.6) is 5.88 Å². The molecule has 2 heterocycles. The van der Waals surface area contributed by atoms with Gasteiger partial charge in [0, 0.05) is 24.2 Å². The highest BCUT2D eigenvalue weighted by Crippen LogP contribution is 2.22. The Balaban J connectivity index is 2.23. The summed E-state index contributed by atoms with van der Waals surface area (Å²) in [4.78, 5) is 11.5. The molecule has 0 saturated heterocycles. The van der Waals surface area contributed by atoms with Gasteiger partial charge in [-0.2, -0.15) is 0 Å². The van der Waals surface area contributed by atoms with Gasteiger partial charge in [-0.25, -0.2) is 18.2 Å². The molecule has 0 radical (unpaired) electrons. The summed E-state index contributed by atoms with van der Waals surface area (Å²) in [5.74, 6) is -1.28. The fourth-order valence-corrected chi connectivity index (χ4v) is 1.33. The molecule has 2 aromatic rings. The van der Waals surface area contributed by atoms with Crippen LogP contribution >= 0.6 is 0 Å². The predicted octanol–water partition coefficient (Wildman–Crippen LogP) is 2.71. The molecular formula is C12H10F3N3O. The van der Waals surface area contributed by atoms with E-state index in [0.717, 1.165) is 13.0 Å². The molecule has 4 nitrogen and oxygen atoms in total. The standard InChI is InChI=1S/C12H10F3N3O/c1-7(11(14)15)19-12-9(13)4-8(5-18-12)10-6-16-2-3-17-10/h2-7,11H,1H3. The Morgan fingerprint density at radius 3 is 2.53 bits per heavy atom. The first-order chi connectivity index (χ1) is 9.08. The zero-order valence-corrected chi connectivity index (χ0v) is 9.93. The van der Waals surface area contributed by atoms with Crippen LogP contribution in [0.2, 0.25) is 0 Å². The van der Waals surface area contributed by atoms with Crippen molar-refractivity contribution in [2.45, 2.75) is 19.5 Å². The van der Waals surface area contributed by atoms with Crippen molar-refractivity contribution in [3.8, 4) is 17.1 Å². The van der Waals surface area contributed by atoms with E-state index in [1.165, 1.54) is 24.8 Å². The van der Waals surface area contributed by atoms with Gasteiger partial charge in [0.1, 0.15) is 0 Å². The quantitative estimate of drug-likeness (QED) is 0.856. The van der Waals surface area contributed by atoms with Crippen LogP contribution in [-0.4, -0.2) is 27.5 Å². The lowest BCUT2D eigenvalue weighted by molar-refractivity contribution is 0.0180. The first-order valence-corrected chi connectivity index (χ1v) is 5.44. The number of halogens is 3. The van der Waals surface area contributed by atoms with Crippen LogP contribution in [0.15, 0.2) is 30.9 Å². The second kappa shape index (κ2) is 5.64. The second-order valence-corrected chi connectivity index (χ2v) is 3.76. The first-order valence-electron chi connectivity index (χ1n) is 5.44. The van der Waals surface area contributed by atoms with Gasteiger partial charge in [0.15, 0.2) is 11.9 Å². The molecule has 100 valence electrons. The maximum absolute atomic E-state index is 13.7. The molecule has 19 heavy (non-hydrogen) atoms. The Bertz CT molecular complexity index is 551. The number of nitrogens with zero attached hydrogens (tertiary/aromatic N) is 3. The monoisotopic (exact) mass is 269 g/mol. The summed E-state index contributed by atoms with van der Waals surface area (Å²) in [5, 5.41) is 0. The van der Waals surface area contributed by atoms with E-state index in [0.29, 0.717) is 11.3 Å². The molecule has 2 aromatic heterocycles. The molecule has 0 aliphatic heterocycles. The highest BCUT2D eigenvalue weighted by Gasteiger charge is 2.19. The third kappa shape index (κ3) is 3.18. The fraction of sp³-hybridized carbons (Fsp3) is 0.250. The smallest absolute Gasteiger partial charge is 0.274 e. The lowest BCUT2D eigenvalue weighted by atomic mass is 10.2. The molecule has 1 unspecified atom stereocenters. The SMILES string of the molecule is CC(Oc1ncc(-c2cnccn2)cc1F)C(F)F. The summed E-state index contributed by atoms with van der Waals surface area (Å²) in [6.07, 6.45) is 1.54. The van der Waals surface area contributed by atoms with E-state index in [-0.39, 0.29) is 0 Å². The number of pyridine rings is 1. The number of hydrogen-bond donors (Lipinski definition) is 0. The molecule has 0 bridgehead atoms. The van der Waals surface area contributed by atoms with Gasteiger partial charge >= 0.3 is 0 Å². The van der Waals surface area contributed by atoms with E-state index in [2.05, 4.69) is 15.0 Å². The minimum absolute atomic E-state index is 0.391. The van der Waals surface area contributed by atoms with Crippen LogP contribution in [0.25, 0.3) is 11.3 Å². The summed E-state index contributed by atoms with van der Waals surface area (Å²) in [6, 6.07) is 1.12. The van der Waals surface area contributed by atoms with Crippen molar-refractivity contribution in [1.29, 1.82) is 0 Å². The second-order valence-electron chi connectivity index (χ2n) is 3.76. The summed E-state index contributed by atoms with van der Waals surface area (Å²) < 4.78 is 43.0. The molecule has 0 N–H and O–H groups in total. The molecule has 0 aromatic carbocycles. The first kappa shape index (κ1) is 13.3. The van der Waals surface area contributed by atoms with Crippen LogP contribution in [0.1, 0.15) is 6.92 Å². The number of rotatable bonds is 4. The van der Waals surface area contributed by atoms with Gasteiger partial charge in [0.25, 0.3) is 12.3 Å². The normalized spacial score (nSPS) is 12.5. The maximum Gasteiger partial charge on any atom is 0.274 e. The van der Waals surface area contributed by atoms with Crippen LogP contribution in [0.3, 0.4) is 0 Å². The largest absolute Gasteiger partial charge is 0.466 e. The van der Waals surface area contributed by atoms with Gasteiger partial charge < -0.3 is 4.74 Å². The molecule has 0 amide bonds. The van der Waals surface area contributed by atoms with Gasteiger partial charge in [-0.15, -0.1) is 0 Å². The Hall–Kier alpha value is -2.18. The minimum atomic E-state index is -2.71. The van der Waals surface area contributed by atoms with E-state index >= 15 is 0 Å². The van der Waals surface area contributed by atoms with E-state index in [1.54, 1.807) is 0 Å². The number of alkyl halides is 2. The number of aromatic nitrogens is 3. The van der Waals surface area contributed by atoms with E-state index < -0.39 is 24.2 Å². The Labute approximate surface area is 107 Å². The minimum Gasteiger partial charge on any atom is -0.466 e. The molecule has 0 saturated carbocycles. The van der Waals surface area contributed by atoms with Gasteiger partial charge in [0.2, 0.25) is 0 Å². The summed E-state index contributed by atoms with van der Waals surface area (Å²) >= 11 is 0. The highest BCUT2D eigenvalue weighted by atomic mass is 19.3. The van der Waals surface area contributed by atoms with E-state index in [9.17, 15) is 13.2 Å². The molecule has 2 rings (SSSR count). The Kier molecular flexibility index (Phi) is 3.94. The molecule has 0 aliphatic rings. The third-order valence-corrected chi connectivity index (χ3v) is 2.32. The van der Waals surface area contributed by atoms with Crippen LogP contribution in [-0.2, 0) is 0 Å². The fourth-order valence-electron chi connectivity index (χ4n) is 1.33. The molecule has 0 fully saturated rings. The predicted molar refractivity (Wildman–Crippen MR) is 61.3 cm³/mol. The Morgan fingerprint density at radius 1 is 1.16 bits per heavy atom. The Morgan fingerprint density at radius 2 is 1.95 bits per heavy atom. The van der Waals surface area contributed by atoms with Crippen molar-refractivity contribution in [1.82, 2.24) is 15.0 Å². The molecule has 7 heteroatoms. The average molecular weight is 269 g/mol. The number of ether oxygens (including phenoxy) is 1. The van der Waals surface area contributed by atoms with Crippen molar-refractivity contribution in [3.05, 3.63) is 36.7 Å². The van der Waals surface area contributed by atoms with Gasteiger partial charge in [0.05, 0.1) is 11.9 Å². The van der Waals surface area contributed by atoms with Gasteiger partial charge in [-0.1, -0.05) is 0 Å². The third-order valence-electron chi connectivity index (χ3n) is 2.32. The molecule has 0 spiro atoms. The summed E-state index contributed by atoms with van der Waals surface area (Å²) in [6.45, 7) is 1.14. The number of hydrogen-bond acceptors (Lipinski definition) is 4. The van der Waals surface area contributed by atoms with Crippen molar-refractivity contribution in [2.75, 3.05) is 0 Å². The topological polar surface area (TPSA) is 47.9 Å². The zero-order chi connectivity index (χ0) is 13.8. The molecular weight excluding hydrogens is 259 g/mol. The van der Waals surface area contributed by atoms with Gasteiger partial charge in [-0.3, -0.25) is 9.97 Å². The van der Waals surface area contributed by atoms with E-state index in [4.69, 9.17) is 4.74 Å². The zero-order valence-electron chi connectivity index (χ0n) is 9.93. The van der Waals surface area contributed by atoms with Crippen molar-refractivity contribution < 1.29 is 17.9 Å². The summed E-state index contributed by atoms with van der Waals surface area (Å²) in [7, 11) is 0. The van der Waals surface area contributed by atoms with Crippen molar-refractivity contribution in [3.63, 3.8) is 0 Å². The van der Waals surface area contributed by atoms with Crippen molar-refractivity contribution >= 4 is 0 Å².